The lowest BCUT2D eigenvalue weighted by Crippen LogP contribution is -2.37. The predicted molar refractivity (Wildman–Crippen MR) is 117 cm³/mol. The Balaban J connectivity index is 1.51. The van der Waals surface area contributed by atoms with Crippen LogP contribution >= 0.6 is 0 Å². The summed E-state index contributed by atoms with van der Waals surface area (Å²) in [6, 6.07) is 10.6. The highest BCUT2D eigenvalue weighted by Gasteiger charge is 2.29. The first kappa shape index (κ1) is 20.0. The van der Waals surface area contributed by atoms with Gasteiger partial charge in [-0.3, -0.25) is 9.69 Å². The maximum atomic E-state index is 13.2. The summed E-state index contributed by atoms with van der Waals surface area (Å²) in [6.07, 6.45) is 5.91. The molecule has 3 amide bonds. The quantitative estimate of drug-likeness (QED) is 0.635. The number of urea groups is 1. The van der Waals surface area contributed by atoms with Crippen LogP contribution in [0.25, 0.3) is 22.6 Å². The van der Waals surface area contributed by atoms with Crippen LogP contribution in [0.4, 0.5) is 4.79 Å². The highest BCUT2D eigenvalue weighted by Crippen LogP contribution is 2.36. The van der Waals surface area contributed by atoms with Crippen LogP contribution in [0.3, 0.4) is 0 Å². The molecule has 162 valence electrons. The van der Waals surface area contributed by atoms with Gasteiger partial charge in [-0.05, 0) is 54.7 Å². The van der Waals surface area contributed by atoms with Crippen molar-refractivity contribution in [2.24, 2.45) is 0 Å². The van der Waals surface area contributed by atoms with Crippen molar-refractivity contribution in [2.45, 2.75) is 19.3 Å². The Morgan fingerprint density at radius 2 is 2.06 bits per heavy atom. The lowest BCUT2D eigenvalue weighted by molar-refractivity contribution is -0.130. The van der Waals surface area contributed by atoms with Gasteiger partial charge in [-0.1, -0.05) is 18.2 Å². The van der Waals surface area contributed by atoms with Gasteiger partial charge in [0, 0.05) is 18.5 Å². The fraction of sp³-hybridized carbons (Fsp3) is 0.250. The van der Waals surface area contributed by atoms with E-state index in [0.717, 1.165) is 40.3 Å². The number of furan rings is 1. The van der Waals surface area contributed by atoms with E-state index in [2.05, 4.69) is 5.32 Å². The number of rotatable bonds is 4. The van der Waals surface area contributed by atoms with E-state index in [0.29, 0.717) is 29.4 Å². The topological polar surface area (TPSA) is 102 Å². The van der Waals surface area contributed by atoms with E-state index in [9.17, 15) is 14.4 Å². The maximum Gasteiger partial charge on any atom is 0.339 e. The molecule has 1 N–H and O–H groups in total. The third kappa shape index (κ3) is 3.64. The lowest BCUT2D eigenvalue weighted by Gasteiger charge is -2.22. The smallest absolute Gasteiger partial charge is 0.339 e. The van der Waals surface area contributed by atoms with Crippen LogP contribution in [0.5, 0.6) is 0 Å². The number of fused-ring (bicyclic) bond motifs is 2. The molecule has 5 rings (SSSR count). The second kappa shape index (κ2) is 8.30. The number of aromatic nitrogens is 1. The highest BCUT2D eigenvalue weighted by atomic mass is 16.5. The second-order valence-corrected chi connectivity index (χ2v) is 7.72. The molecule has 0 radical (unpaired) electrons. The van der Waals surface area contributed by atoms with E-state index < -0.39 is 24.5 Å². The molecule has 1 aliphatic heterocycles. The molecule has 32 heavy (non-hydrogen) atoms. The Morgan fingerprint density at radius 1 is 1.19 bits per heavy atom. The van der Waals surface area contributed by atoms with Gasteiger partial charge in [0.05, 0.1) is 23.0 Å². The van der Waals surface area contributed by atoms with Gasteiger partial charge in [0.25, 0.3) is 5.91 Å². The minimum absolute atomic E-state index is 0.268. The first-order valence-electron chi connectivity index (χ1n) is 10.5. The van der Waals surface area contributed by atoms with Crippen LogP contribution in [-0.4, -0.2) is 47.5 Å². The van der Waals surface area contributed by atoms with E-state index in [4.69, 9.17) is 14.1 Å². The molecule has 2 aliphatic rings. The average molecular weight is 431 g/mol. The Bertz CT molecular complexity index is 1250. The summed E-state index contributed by atoms with van der Waals surface area (Å²) in [5, 5.41) is 3.24. The minimum atomic E-state index is -0.591. The number of carbonyl (C=O) groups is 3. The van der Waals surface area contributed by atoms with Crippen LogP contribution in [0.2, 0.25) is 0 Å². The Hall–Kier alpha value is -3.94. The number of imide groups is 1. The van der Waals surface area contributed by atoms with Crippen molar-refractivity contribution in [1.82, 2.24) is 15.2 Å². The van der Waals surface area contributed by atoms with Gasteiger partial charge in [0.15, 0.2) is 6.61 Å². The van der Waals surface area contributed by atoms with E-state index in [1.165, 1.54) is 0 Å². The molecule has 2 aromatic heterocycles. The summed E-state index contributed by atoms with van der Waals surface area (Å²) in [6.45, 7) is 0.169. The molecule has 0 unspecified atom stereocenters. The van der Waals surface area contributed by atoms with E-state index in [1.807, 2.05) is 42.5 Å². The van der Waals surface area contributed by atoms with Crippen LogP contribution in [0.15, 0.2) is 47.1 Å². The normalized spacial score (nSPS) is 16.8. The number of esters is 1. The van der Waals surface area contributed by atoms with Crippen molar-refractivity contribution in [1.29, 1.82) is 0 Å². The van der Waals surface area contributed by atoms with Crippen molar-refractivity contribution in [3.05, 3.63) is 65.2 Å². The number of pyridine rings is 1. The van der Waals surface area contributed by atoms with Crippen molar-refractivity contribution in [2.75, 3.05) is 19.7 Å². The summed E-state index contributed by atoms with van der Waals surface area (Å²) in [5.41, 5.74) is 3.66. The molecule has 1 saturated heterocycles. The van der Waals surface area contributed by atoms with Gasteiger partial charge >= 0.3 is 12.0 Å². The summed E-state index contributed by atoms with van der Waals surface area (Å²) < 4.78 is 10.9. The van der Waals surface area contributed by atoms with Gasteiger partial charge in [-0.2, -0.15) is 0 Å². The molecule has 0 atom stereocenters. The summed E-state index contributed by atoms with van der Waals surface area (Å²) in [5.74, 6) is -0.410. The number of hydrogen-bond acceptors (Lipinski definition) is 6. The van der Waals surface area contributed by atoms with Crippen LogP contribution < -0.4 is 5.32 Å². The number of ether oxygens (including phenoxy) is 1. The van der Waals surface area contributed by atoms with Crippen LogP contribution in [0, 0.1) is 0 Å². The van der Waals surface area contributed by atoms with Crippen molar-refractivity contribution < 1.29 is 23.5 Å². The average Bonchev–Trinajstić information content (AvgIpc) is 3.47. The molecular weight excluding hydrogens is 410 g/mol. The van der Waals surface area contributed by atoms with Gasteiger partial charge < -0.3 is 14.5 Å². The largest absolute Gasteiger partial charge is 0.465 e. The lowest BCUT2D eigenvalue weighted by atomic mass is 9.86. The van der Waals surface area contributed by atoms with E-state index >= 15 is 0 Å². The molecule has 1 fully saturated rings. The third-order valence-corrected chi connectivity index (χ3v) is 5.72. The van der Waals surface area contributed by atoms with Crippen LogP contribution in [0.1, 0.15) is 40.2 Å². The summed E-state index contributed by atoms with van der Waals surface area (Å²) in [7, 11) is 0. The van der Waals surface area contributed by atoms with Crippen molar-refractivity contribution >= 4 is 40.5 Å². The first-order valence-corrected chi connectivity index (χ1v) is 10.5. The third-order valence-electron chi connectivity index (χ3n) is 5.72. The monoisotopic (exact) mass is 431 g/mol. The zero-order valence-electron chi connectivity index (χ0n) is 17.3. The van der Waals surface area contributed by atoms with Crippen molar-refractivity contribution in [3.63, 3.8) is 0 Å². The highest BCUT2D eigenvalue weighted by molar-refractivity contribution is 6.07. The number of carbonyl (C=O) groups excluding carboxylic acids is 3. The van der Waals surface area contributed by atoms with E-state index in [-0.39, 0.29) is 6.54 Å². The molecule has 8 heteroatoms. The van der Waals surface area contributed by atoms with Crippen LogP contribution in [-0.2, 0) is 16.0 Å². The standard InChI is InChI=1S/C24H21N3O5/c28-20(27-11-10-25-24(27)30)14-32-23(29)21-17-7-1-2-9-19(17)26-22-15(5-3-8-18(21)22)13-16-6-4-12-31-16/h1-2,4,6-7,9,12-13H,3,5,8,10-11,14H2,(H,25,30)/b15-13-. The molecule has 0 saturated carbocycles. The van der Waals surface area contributed by atoms with Gasteiger partial charge in [-0.25, -0.2) is 14.6 Å². The fourth-order valence-electron chi connectivity index (χ4n) is 4.24. The fourth-order valence-corrected chi connectivity index (χ4v) is 4.24. The van der Waals surface area contributed by atoms with Crippen molar-refractivity contribution in [3.8, 4) is 0 Å². The zero-order chi connectivity index (χ0) is 22.1. The maximum absolute atomic E-state index is 13.2. The number of amides is 3. The summed E-state index contributed by atoms with van der Waals surface area (Å²) >= 11 is 0. The predicted octanol–water partition coefficient (Wildman–Crippen LogP) is 3.41. The number of hydrogen-bond donors (Lipinski definition) is 1. The van der Waals surface area contributed by atoms with E-state index in [1.54, 1.807) is 6.26 Å². The van der Waals surface area contributed by atoms with Gasteiger partial charge in [0.2, 0.25) is 0 Å². The zero-order valence-corrected chi connectivity index (χ0v) is 17.3. The Morgan fingerprint density at radius 3 is 2.84 bits per heavy atom. The summed E-state index contributed by atoms with van der Waals surface area (Å²) in [4.78, 5) is 43.1. The number of allylic oxidation sites excluding steroid dienone is 1. The molecule has 0 spiro atoms. The Labute approximate surface area is 183 Å². The molecule has 0 bridgehead atoms. The molecule has 1 aromatic carbocycles. The first-order chi connectivity index (χ1) is 15.6. The molecular formula is C24H21N3O5. The number of para-hydroxylation sites is 1. The molecule has 1 aliphatic carbocycles. The number of nitrogens with one attached hydrogen (secondary N) is 1. The number of nitrogens with zero attached hydrogens (tertiary/aromatic N) is 2. The minimum Gasteiger partial charge on any atom is -0.465 e. The molecule has 8 nitrogen and oxygen atoms in total. The SMILES string of the molecule is O=C(OCC(=O)N1CCNC1=O)c1c2c(nc3ccccc13)/C(=C\c1ccco1)CCC2. The Kier molecular flexibility index (Phi) is 5.18. The molecule has 3 heterocycles. The second-order valence-electron chi connectivity index (χ2n) is 7.72. The van der Waals surface area contributed by atoms with Gasteiger partial charge in [-0.15, -0.1) is 0 Å². The number of benzene rings is 1. The molecule has 3 aromatic rings. The van der Waals surface area contributed by atoms with Gasteiger partial charge in [0.1, 0.15) is 5.76 Å².